The summed E-state index contributed by atoms with van der Waals surface area (Å²) < 4.78 is 16.3. The van der Waals surface area contributed by atoms with E-state index >= 15 is 0 Å². The molecule has 0 bridgehead atoms. The van der Waals surface area contributed by atoms with Crippen LogP contribution in [0.2, 0.25) is 0 Å². The van der Waals surface area contributed by atoms with Crippen molar-refractivity contribution < 1.29 is 9.18 Å². The van der Waals surface area contributed by atoms with Crippen molar-refractivity contribution in [2.45, 2.75) is 43.4 Å². The van der Waals surface area contributed by atoms with Gasteiger partial charge >= 0.3 is 0 Å². The fourth-order valence-corrected chi connectivity index (χ4v) is 4.53. The van der Waals surface area contributed by atoms with Crippen molar-refractivity contribution in [1.29, 1.82) is 0 Å². The number of halogens is 1. The van der Waals surface area contributed by atoms with E-state index < -0.39 is 0 Å². The molecule has 4 rings (SSSR count). The zero-order valence-corrected chi connectivity index (χ0v) is 16.9. The molecule has 0 saturated heterocycles. The fourth-order valence-electron chi connectivity index (χ4n) is 3.64. The van der Waals surface area contributed by atoms with Crippen molar-refractivity contribution in [1.82, 2.24) is 24.6 Å². The monoisotopic (exact) mass is 415 g/mol. The molecule has 7 nitrogen and oxygen atoms in total. The van der Waals surface area contributed by atoms with Gasteiger partial charge in [0.1, 0.15) is 11.3 Å². The lowest BCUT2D eigenvalue weighted by atomic mass is 10.2. The summed E-state index contributed by atoms with van der Waals surface area (Å²) >= 11 is 1.26. The second-order valence-corrected chi connectivity index (χ2v) is 8.18. The van der Waals surface area contributed by atoms with E-state index in [0.29, 0.717) is 22.7 Å². The smallest absolute Gasteiger partial charge is 0.282 e. The number of carbonyl (C=O) groups excluding carboxylic acids is 1. The summed E-state index contributed by atoms with van der Waals surface area (Å²) in [5.41, 5.74) is 1.59. The zero-order valence-electron chi connectivity index (χ0n) is 16.1. The molecule has 9 heteroatoms. The summed E-state index contributed by atoms with van der Waals surface area (Å²) in [4.78, 5) is 30.0. The van der Waals surface area contributed by atoms with Crippen LogP contribution in [0.4, 0.5) is 4.39 Å². The van der Waals surface area contributed by atoms with Crippen LogP contribution >= 0.6 is 11.8 Å². The molecular formula is C20H22FN5O2S. The van der Waals surface area contributed by atoms with Gasteiger partial charge in [0.05, 0.1) is 11.9 Å². The quantitative estimate of drug-likeness (QED) is 0.495. The van der Waals surface area contributed by atoms with E-state index in [2.05, 4.69) is 15.4 Å². The number of aryl methyl sites for hydroxylation is 1. The molecule has 1 aromatic carbocycles. The van der Waals surface area contributed by atoms with E-state index in [9.17, 15) is 14.0 Å². The van der Waals surface area contributed by atoms with E-state index in [1.165, 1.54) is 23.9 Å². The molecular weight excluding hydrogens is 393 g/mol. The van der Waals surface area contributed by atoms with Gasteiger partial charge in [0.2, 0.25) is 5.91 Å². The van der Waals surface area contributed by atoms with Crippen LogP contribution < -0.4 is 10.9 Å². The highest BCUT2D eigenvalue weighted by atomic mass is 32.2. The second-order valence-electron chi connectivity index (χ2n) is 7.24. The Morgan fingerprint density at radius 2 is 2.00 bits per heavy atom. The first kappa shape index (κ1) is 19.6. The molecule has 1 fully saturated rings. The minimum absolute atomic E-state index is 0.103. The van der Waals surface area contributed by atoms with Gasteiger partial charge in [-0.1, -0.05) is 36.7 Å². The highest BCUT2D eigenvalue weighted by Gasteiger charge is 2.24. The molecule has 29 heavy (non-hydrogen) atoms. The zero-order chi connectivity index (χ0) is 20.4. The summed E-state index contributed by atoms with van der Waals surface area (Å²) in [6, 6.07) is 6.11. The van der Waals surface area contributed by atoms with Crippen LogP contribution in [0.25, 0.3) is 11.0 Å². The average molecular weight is 415 g/mol. The Labute approximate surface area is 171 Å². The van der Waals surface area contributed by atoms with Crippen molar-refractivity contribution in [3.05, 3.63) is 52.2 Å². The molecule has 1 saturated carbocycles. The maximum Gasteiger partial charge on any atom is 0.282 e. The molecule has 1 aliphatic carbocycles. The highest BCUT2D eigenvalue weighted by molar-refractivity contribution is 7.99. The lowest BCUT2D eigenvalue weighted by molar-refractivity contribution is -0.118. The normalized spacial score (nSPS) is 14.6. The second kappa shape index (κ2) is 8.36. The molecule has 0 radical (unpaired) electrons. The van der Waals surface area contributed by atoms with Crippen LogP contribution in [0.3, 0.4) is 0 Å². The number of thioether (sulfide) groups is 1. The van der Waals surface area contributed by atoms with Crippen molar-refractivity contribution in [3.63, 3.8) is 0 Å². The number of aromatic nitrogens is 4. The van der Waals surface area contributed by atoms with Crippen LogP contribution in [0.1, 0.15) is 37.3 Å². The molecule has 1 amide bonds. The Bertz CT molecular complexity index is 1090. The predicted molar refractivity (Wildman–Crippen MR) is 109 cm³/mol. The summed E-state index contributed by atoms with van der Waals surface area (Å²) in [5, 5.41) is 7.63. The average Bonchev–Trinajstić information content (AvgIpc) is 3.35. The molecule has 1 N–H and O–H groups in total. The molecule has 0 spiro atoms. The standard InChI is InChI=1S/C20H22FN5O2S/c1-25-11-16-18(24-25)19(28)26(15-4-2-3-5-15)20(23-16)29-12-17(27)22-10-13-6-8-14(21)9-7-13/h6-9,11,15H,2-5,10,12H2,1H3,(H,22,27). The number of amides is 1. The first-order valence-corrected chi connectivity index (χ1v) is 10.6. The summed E-state index contributed by atoms with van der Waals surface area (Å²) in [6.07, 6.45) is 5.75. The molecule has 1 aliphatic rings. The third-order valence-electron chi connectivity index (χ3n) is 5.08. The maximum atomic E-state index is 13.0. The van der Waals surface area contributed by atoms with Crippen LogP contribution in [-0.4, -0.2) is 31.0 Å². The fraction of sp³-hybridized carbons (Fsp3) is 0.400. The molecule has 3 aromatic rings. The molecule has 0 atom stereocenters. The van der Waals surface area contributed by atoms with Crippen LogP contribution in [0.15, 0.2) is 40.4 Å². The van der Waals surface area contributed by atoms with Gasteiger partial charge in [0, 0.05) is 19.6 Å². The molecule has 2 aromatic heterocycles. The van der Waals surface area contributed by atoms with Gasteiger partial charge < -0.3 is 5.32 Å². The number of nitrogens with zero attached hydrogens (tertiary/aromatic N) is 4. The van der Waals surface area contributed by atoms with E-state index in [1.54, 1.807) is 34.6 Å². The first-order chi connectivity index (χ1) is 14.0. The van der Waals surface area contributed by atoms with Gasteiger partial charge in [-0.2, -0.15) is 5.10 Å². The van der Waals surface area contributed by atoms with E-state index in [4.69, 9.17) is 0 Å². The number of hydrogen-bond donors (Lipinski definition) is 1. The van der Waals surface area contributed by atoms with Crippen LogP contribution in [0.5, 0.6) is 0 Å². The van der Waals surface area contributed by atoms with Crippen molar-refractivity contribution in [2.75, 3.05) is 5.75 Å². The van der Waals surface area contributed by atoms with E-state index in [-0.39, 0.29) is 29.1 Å². The molecule has 2 heterocycles. The van der Waals surface area contributed by atoms with Gasteiger partial charge in [-0.15, -0.1) is 0 Å². The summed E-state index contributed by atoms with van der Waals surface area (Å²) in [5.74, 6) is -0.332. The molecule has 0 aliphatic heterocycles. The van der Waals surface area contributed by atoms with Gasteiger partial charge in [-0.3, -0.25) is 18.8 Å². The molecule has 0 unspecified atom stereocenters. The Morgan fingerprint density at radius 1 is 1.28 bits per heavy atom. The SMILES string of the molecule is Cn1cc2nc(SCC(=O)NCc3ccc(F)cc3)n(C3CCCC3)c(=O)c2n1. The lowest BCUT2D eigenvalue weighted by Gasteiger charge is -2.17. The van der Waals surface area contributed by atoms with Crippen molar-refractivity contribution >= 4 is 28.7 Å². The van der Waals surface area contributed by atoms with Crippen molar-refractivity contribution in [2.24, 2.45) is 7.05 Å². The third kappa shape index (κ3) is 4.34. The number of benzene rings is 1. The highest BCUT2D eigenvalue weighted by Crippen LogP contribution is 2.32. The van der Waals surface area contributed by atoms with E-state index in [1.807, 2.05) is 0 Å². The number of fused-ring (bicyclic) bond motifs is 1. The lowest BCUT2D eigenvalue weighted by Crippen LogP contribution is -2.28. The third-order valence-corrected chi connectivity index (χ3v) is 6.03. The summed E-state index contributed by atoms with van der Waals surface area (Å²) in [7, 11) is 1.76. The molecule has 152 valence electrons. The summed E-state index contributed by atoms with van der Waals surface area (Å²) in [6.45, 7) is 0.324. The number of carbonyl (C=O) groups is 1. The Morgan fingerprint density at radius 3 is 2.72 bits per heavy atom. The minimum atomic E-state index is -0.308. The first-order valence-electron chi connectivity index (χ1n) is 9.61. The van der Waals surface area contributed by atoms with Gasteiger partial charge in [0.25, 0.3) is 5.56 Å². The van der Waals surface area contributed by atoms with Crippen molar-refractivity contribution in [3.8, 4) is 0 Å². The number of nitrogens with one attached hydrogen (secondary N) is 1. The van der Waals surface area contributed by atoms with E-state index in [0.717, 1.165) is 31.2 Å². The Balaban J connectivity index is 1.50. The van der Waals surface area contributed by atoms with Gasteiger partial charge in [0.15, 0.2) is 10.7 Å². The predicted octanol–water partition coefficient (Wildman–Crippen LogP) is 2.79. The largest absolute Gasteiger partial charge is 0.351 e. The van der Waals surface area contributed by atoms with Gasteiger partial charge in [-0.25, -0.2) is 9.37 Å². The Kier molecular flexibility index (Phi) is 5.66. The van der Waals surface area contributed by atoms with Crippen LogP contribution in [-0.2, 0) is 18.4 Å². The number of rotatable bonds is 6. The van der Waals surface area contributed by atoms with Gasteiger partial charge in [-0.05, 0) is 30.5 Å². The Hall–Kier alpha value is -2.68. The number of hydrogen-bond acceptors (Lipinski definition) is 5. The maximum absolute atomic E-state index is 13.0. The van der Waals surface area contributed by atoms with Crippen LogP contribution in [0, 0.1) is 5.82 Å². The topological polar surface area (TPSA) is 81.8 Å². The minimum Gasteiger partial charge on any atom is -0.351 e.